The summed E-state index contributed by atoms with van der Waals surface area (Å²) in [4.78, 5) is 38.8. The molecule has 0 aromatic heterocycles. The molecule has 25 heavy (non-hydrogen) atoms. The van der Waals surface area contributed by atoms with Crippen LogP contribution in [0.15, 0.2) is 0 Å². The number of rotatable bonds is 3. The largest absolute Gasteiger partial charge is 0.352 e. The van der Waals surface area contributed by atoms with Gasteiger partial charge < -0.3 is 10.6 Å². The molecule has 1 spiro atoms. The molecule has 1 saturated heterocycles. The molecule has 2 N–H and O–H groups in total. The molecule has 2 atom stereocenters. The molecular weight excluding hydrogens is 318 g/mol. The number of amides is 4. The summed E-state index contributed by atoms with van der Waals surface area (Å²) in [5, 5.41) is 5.95. The number of carbonyl (C=O) groups is 3. The van der Waals surface area contributed by atoms with Crippen molar-refractivity contribution in [1.82, 2.24) is 15.5 Å². The third-order valence-corrected chi connectivity index (χ3v) is 6.21. The number of imide groups is 1. The second-order valence-electron chi connectivity index (χ2n) is 8.11. The molecule has 6 nitrogen and oxygen atoms in total. The lowest BCUT2D eigenvalue weighted by Gasteiger charge is -2.30. The summed E-state index contributed by atoms with van der Waals surface area (Å²) in [6.45, 7) is 2.00. The Labute approximate surface area is 150 Å². The summed E-state index contributed by atoms with van der Waals surface area (Å²) < 4.78 is 0. The van der Waals surface area contributed by atoms with E-state index < -0.39 is 11.6 Å². The highest BCUT2D eigenvalue weighted by Crippen LogP contribution is 2.32. The van der Waals surface area contributed by atoms with Gasteiger partial charge in [-0.15, -0.1) is 0 Å². The van der Waals surface area contributed by atoms with Gasteiger partial charge in [-0.05, 0) is 31.6 Å². The topological polar surface area (TPSA) is 78.5 Å². The summed E-state index contributed by atoms with van der Waals surface area (Å²) in [5.41, 5.74) is -0.768. The van der Waals surface area contributed by atoms with E-state index in [0.717, 1.165) is 49.8 Å². The van der Waals surface area contributed by atoms with Gasteiger partial charge >= 0.3 is 6.03 Å². The number of nitrogens with zero attached hydrogens (tertiary/aromatic N) is 1. The maximum absolute atomic E-state index is 12.9. The Morgan fingerprint density at radius 2 is 1.72 bits per heavy atom. The Balaban J connectivity index is 1.61. The average Bonchev–Trinajstić information content (AvgIpc) is 2.78. The third kappa shape index (κ3) is 3.98. The van der Waals surface area contributed by atoms with Gasteiger partial charge in [-0.1, -0.05) is 51.9 Å². The summed E-state index contributed by atoms with van der Waals surface area (Å²) >= 11 is 0. The lowest BCUT2D eigenvalue weighted by Crippen LogP contribution is -2.49. The van der Waals surface area contributed by atoms with Crippen LogP contribution < -0.4 is 10.6 Å². The maximum atomic E-state index is 12.9. The molecule has 0 aromatic carbocycles. The van der Waals surface area contributed by atoms with Gasteiger partial charge in [0.1, 0.15) is 12.1 Å². The van der Waals surface area contributed by atoms with E-state index in [1.54, 1.807) is 0 Å². The minimum absolute atomic E-state index is 0.157. The Kier molecular flexibility index (Phi) is 5.64. The lowest BCUT2D eigenvalue weighted by molar-refractivity contribution is -0.135. The van der Waals surface area contributed by atoms with Gasteiger partial charge in [-0.2, -0.15) is 0 Å². The predicted molar refractivity (Wildman–Crippen MR) is 94.9 cm³/mol. The first-order valence-electron chi connectivity index (χ1n) is 9.95. The normalized spacial score (nSPS) is 29.9. The van der Waals surface area contributed by atoms with Gasteiger partial charge in [0.2, 0.25) is 5.91 Å². The number of nitrogens with one attached hydrogen (secondary N) is 2. The van der Waals surface area contributed by atoms with Crippen LogP contribution in [-0.4, -0.2) is 40.9 Å². The number of hydrogen-bond acceptors (Lipinski definition) is 3. The SMILES string of the molecule is C[C@@H]1CCCC[C@@H]1NC(=O)CN1C(=O)NC2(CCCCCCC2)C1=O. The number of hydrogen-bond donors (Lipinski definition) is 2. The zero-order chi connectivity index (χ0) is 17.9. The van der Waals surface area contributed by atoms with Crippen LogP contribution >= 0.6 is 0 Å². The van der Waals surface area contributed by atoms with Gasteiger partial charge in [0.15, 0.2) is 0 Å². The van der Waals surface area contributed by atoms with Crippen molar-refractivity contribution in [3.63, 3.8) is 0 Å². The van der Waals surface area contributed by atoms with E-state index in [2.05, 4.69) is 17.6 Å². The first kappa shape index (κ1) is 18.2. The smallest absolute Gasteiger partial charge is 0.325 e. The Hall–Kier alpha value is -1.59. The second kappa shape index (κ2) is 7.75. The molecule has 2 aliphatic carbocycles. The molecule has 3 rings (SSSR count). The highest BCUT2D eigenvalue weighted by atomic mass is 16.2. The second-order valence-corrected chi connectivity index (χ2v) is 8.11. The van der Waals surface area contributed by atoms with E-state index in [-0.39, 0.29) is 24.4 Å². The first-order valence-corrected chi connectivity index (χ1v) is 9.95. The van der Waals surface area contributed by atoms with E-state index >= 15 is 0 Å². The minimum Gasteiger partial charge on any atom is -0.352 e. The van der Waals surface area contributed by atoms with Crippen LogP contribution in [0, 0.1) is 5.92 Å². The van der Waals surface area contributed by atoms with Crippen LogP contribution in [0.4, 0.5) is 4.79 Å². The zero-order valence-electron chi connectivity index (χ0n) is 15.3. The molecule has 2 saturated carbocycles. The van der Waals surface area contributed by atoms with E-state index in [1.807, 2.05) is 0 Å². The quantitative estimate of drug-likeness (QED) is 0.769. The van der Waals surface area contributed by atoms with Crippen LogP contribution in [0.1, 0.15) is 77.6 Å². The highest BCUT2D eigenvalue weighted by molar-refractivity contribution is 6.09. The van der Waals surface area contributed by atoms with Crippen LogP contribution in [0.2, 0.25) is 0 Å². The maximum Gasteiger partial charge on any atom is 0.325 e. The number of urea groups is 1. The average molecular weight is 349 g/mol. The van der Waals surface area contributed by atoms with Crippen molar-refractivity contribution >= 4 is 17.8 Å². The Morgan fingerprint density at radius 1 is 1.08 bits per heavy atom. The molecule has 3 aliphatic rings. The Morgan fingerprint density at radius 3 is 2.40 bits per heavy atom. The van der Waals surface area contributed by atoms with Crippen LogP contribution in [0.3, 0.4) is 0 Å². The zero-order valence-corrected chi connectivity index (χ0v) is 15.3. The van der Waals surface area contributed by atoms with Crippen molar-refractivity contribution in [3.8, 4) is 0 Å². The molecular formula is C19H31N3O3. The van der Waals surface area contributed by atoms with Crippen molar-refractivity contribution in [2.45, 2.75) is 89.1 Å². The van der Waals surface area contributed by atoms with Crippen molar-refractivity contribution in [2.24, 2.45) is 5.92 Å². The van der Waals surface area contributed by atoms with E-state index in [9.17, 15) is 14.4 Å². The van der Waals surface area contributed by atoms with Crippen molar-refractivity contribution in [2.75, 3.05) is 6.54 Å². The van der Waals surface area contributed by atoms with Crippen LogP contribution in [0.25, 0.3) is 0 Å². The first-order chi connectivity index (χ1) is 12.0. The van der Waals surface area contributed by atoms with Crippen LogP contribution in [-0.2, 0) is 9.59 Å². The molecule has 1 heterocycles. The summed E-state index contributed by atoms with van der Waals surface area (Å²) in [6.07, 6.45) is 11.1. The molecule has 3 fully saturated rings. The fourth-order valence-corrected chi connectivity index (χ4v) is 4.59. The van der Waals surface area contributed by atoms with Gasteiger partial charge in [0.25, 0.3) is 5.91 Å². The van der Waals surface area contributed by atoms with Crippen LogP contribution in [0.5, 0.6) is 0 Å². The number of carbonyl (C=O) groups excluding carboxylic acids is 3. The van der Waals surface area contributed by atoms with Gasteiger partial charge in [-0.3, -0.25) is 14.5 Å². The summed E-state index contributed by atoms with van der Waals surface area (Å²) in [6, 6.07) is -0.241. The fraction of sp³-hybridized carbons (Fsp3) is 0.842. The van der Waals surface area contributed by atoms with Gasteiger partial charge in [0, 0.05) is 6.04 Å². The molecule has 6 heteroatoms. The molecule has 1 aliphatic heterocycles. The molecule has 0 bridgehead atoms. The van der Waals surface area contributed by atoms with E-state index in [4.69, 9.17) is 0 Å². The standard InChI is InChI=1S/C19H31N3O3/c1-14-9-5-6-10-15(14)20-16(23)13-22-17(24)19(21-18(22)25)11-7-3-2-4-8-12-19/h14-15H,2-13H2,1H3,(H,20,23)(H,21,25)/t14-,15+/m1/s1. The summed E-state index contributed by atoms with van der Waals surface area (Å²) in [5.74, 6) is 0.0362. The Bertz CT molecular complexity index is 526. The minimum atomic E-state index is -0.768. The predicted octanol–water partition coefficient (Wildman–Crippen LogP) is 2.72. The molecule has 4 amide bonds. The fourth-order valence-electron chi connectivity index (χ4n) is 4.59. The van der Waals surface area contributed by atoms with E-state index in [1.165, 1.54) is 12.8 Å². The van der Waals surface area contributed by atoms with Gasteiger partial charge in [-0.25, -0.2) is 4.79 Å². The molecule has 140 valence electrons. The van der Waals surface area contributed by atoms with Crippen molar-refractivity contribution < 1.29 is 14.4 Å². The van der Waals surface area contributed by atoms with Crippen molar-refractivity contribution in [1.29, 1.82) is 0 Å². The third-order valence-electron chi connectivity index (χ3n) is 6.21. The van der Waals surface area contributed by atoms with Crippen molar-refractivity contribution in [3.05, 3.63) is 0 Å². The molecule has 0 radical (unpaired) electrons. The summed E-state index contributed by atoms with van der Waals surface area (Å²) in [7, 11) is 0. The molecule has 0 aromatic rings. The molecule has 0 unspecified atom stereocenters. The lowest BCUT2D eigenvalue weighted by atomic mass is 9.84. The highest BCUT2D eigenvalue weighted by Gasteiger charge is 2.50. The monoisotopic (exact) mass is 349 g/mol. The van der Waals surface area contributed by atoms with E-state index in [0.29, 0.717) is 18.8 Å². The van der Waals surface area contributed by atoms with Gasteiger partial charge in [0.05, 0.1) is 0 Å².